The molecule has 180 valence electrons. The van der Waals surface area contributed by atoms with E-state index < -0.39 is 18.1 Å². The number of hydrogen-bond acceptors (Lipinski definition) is 4. The van der Waals surface area contributed by atoms with Crippen molar-refractivity contribution in [3.8, 4) is 11.1 Å². The monoisotopic (exact) mass is 472 g/mol. The second kappa shape index (κ2) is 10.0. The maximum absolute atomic E-state index is 13.2. The Labute approximate surface area is 204 Å². The van der Waals surface area contributed by atoms with E-state index in [-0.39, 0.29) is 29.9 Å². The zero-order valence-corrected chi connectivity index (χ0v) is 19.9. The van der Waals surface area contributed by atoms with Crippen LogP contribution < -0.4 is 10.2 Å². The lowest BCUT2D eigenvalue weighted by Crippen LogP contribution is -2.50. The summed E-state index contributed by atoms with van der Waals surface area (Å²) in [5, 5.41) is 11.8. The molecule has 0 heterocycles. The third-order valence-electron chi connectivity index (χ3n) is 6.38. The van der Waals surface area contributed by atoms with Gasteiger partial charge >= 0.3 is 12.1 Å². The van der Waals surface area contributed by atoms with Gasteiger partial charge in [-0.1, -0.05) is 62.4 Å². The van der Waals surface area contributed by atoms with Crippen LogP contribution in [0, 0.1) is 5.92 Å². The highest BCUT2D eigenvalue weighted by Gasteiger charge is 2.31. The summed E-state index contributed by atoms with van der Waals surface area (Å²) >= 11 is 0. The summed E-state index contributed by atoms with van der Waals surface area (Å²) < 4.78 is 5.61. The molecule has 3 aromatic carbocycles. The first-order valence-corrected chi connectivity index (χ1v) is 11.5. The van der Waals surface area contributed by atoms with Crippen molar-refractivity contribution in [3.05, 3.63) is 89.5 Å². The summed E-state index contributed by atoms with van der Waals surface area (Å²) in [6.07, 6.45) is -0.659. The maximum atomic E-state index is 13.2. The van der Waals surface area contributed by atoms with Gasteiger partial charge in [-0.15, -0.1) is 0 Å². The van der Waals surface area contributed by atoms with Crippen LogP contribution in [0.1, 0.15) is 41.3 Å². The Bertz CT molecular complexity index is 1210. The van der Waals surface area contributed by atoms with Crippen molar-refractivity contribution in [2.75, 3.05) is 18.6 Å². The van der Waals surface area contributed by atoms with Crippen LogP contribution in [0.3, 0.4) is 0 Å². The van der Waals surface area contributed by atoms with Gasteiger partial charge in [-0.2, -0.15) is 0 Å². The molecular weight excluding hydrogens is 444 g/mol. The van der Waals surface area contributed by atoms with Gasteiger partial charge in [0.15, 0.2) is 0 Å². The molecule has 2 N–H and O–H groups in total. The fourth-order valence-electron chi connectivity index (χ4n) is 4.44. The van der Waals surface area contributed by atoms with Crippen LogP contribution in [-0.4, -0.2) is 42.8 Å². The third-order valence-corrected chi connectivity index (χ3v) is 6.38. The van der Waals surface area contributed by atoms with Crippen molar-refractivity contribution < 1.29 is 24.2 Å². The molecule has 0 unspecified atom stereocenters. The number of carboxylic acids is 1. The van der Waals surface area contributed by atoms with E-state index in [9.17, 15) is 14.4 Å². The molecule has 0 fully saturated rings. The van der Waals surface area contributed by atoms with Crippen LogP contribution in [0.2, 0.25) is 0 Å². The van der Waals surface area contributed by atoms with Gasteiger partial charge in [0.25, 0.3) is 0 Å². The molecule has 0 saturated heterocycles. The minimum Gasteiger partial charge on any atom is -0.478 e. The minimum atomic E-state index is -1.04. The van der Waals surface area contributed by atoms with E-state index in [0.29, 0.717) is 5.69 Å². The van der Waals surface area contributed by atoms with Gasteiger partial charge in [-0.05, 0) is 52.4 Å². The number of rotatable bonds is 7. The summed E-state index contributed by atoms with van der Waals surface area (Å²) in [5.41, 5.74) is 5.17. The summed E-state index contributed by atoms with van der Waals surface area (Å²) in [7, 11) is 1.59. The number of alkyl carbamates (subject to hydrolysis) is 1. The third kappa shape index (κ3) is 4.89. The van der Waals surface area contributed by atoms with Crippen molar-refractivity contribution in [1.82, 2.24) is 5.32 Å². The Balaban J connectivity index is 1.43. The van der Waals surface area contributed by atoms with E-state index in [2.05, 4.69) is 17.4 Å². The molecule has 0 saturated carbocycles. The summed E-state index contributed by atoms with van der Waals surface area (Å²) in [4.78, 5) is 38.4. The van der Waals surface area contributed by atoms with E-state index in [4.69, 9.17) is 9.84 Å². The number of carbonyl (C=O) groups excluding carboxylic acids is 2. The number of carboxylic acid groups (broad SMARTS) is 1. The number of carbonyl (C=O) groups is 3. The van der Waals surface area contributed by atoms with E-state index in [0.717, 1.165) is 22.3 Å². The van der Waals surface area contributed by atoms with Crippen LogP contribution in [0.15, 0.2) is 72.8 Å². The molecular formula is C28H28N2O5. The normalized spacial score (nSPS) is 13.0. The van der Waals surface area contributed by atoms with Gasteiger partial charge in [-0.25, -0.2) is 9.59 Å². The molecule has 0 radical (unpaired) electrons. The molecule has 1 aliphatic carbocycles. The number of likely N-dealkylation sites (N-methyl/N-ethyl adjacent to an activating group) is 1. The average Bonchev–Trinajstić information content (AvgIpc) is 3.18. The van der Waals surface area contributed by atoms with Crippen LogP contribution >= 0.6 is 0 Å². The first-order valence-electron chi connectivity index (χ1n) is 11.5. The Hall–Kier alpha value is -4.13. The second-order valence-corrected chi connectivity index (χ2v) is 8.94. The first kappa shape index (κ1) is 24.0. The first-order chi connectivity index (χ1) is 16.8. The molecule has 3 aromatic rings. The molecule has 0 aliphatic heterocycles. The Morgan fingerprint density at radius 2 is 1.46 bits per heavy atom. The largest absolute Gasteiger partial charge is 0.478 e. The number of ether oxygens (including phenoxy) is 1. The van der Waals surface area contributed by atoms with E-state index in [1.54, 1.807) is 19.2 Å². The molecule has 0 bridgehead atoms. The van der Waals surface area contributed by atoms with Crippen LogP contribution in [0.25, 0.3) is 11.1 Å². The quantitative estimate of drug-likeness (QED) is 0.509. The standard InChI is InChI=1S/C28H28N2O5/c1-17(2)25(26(31)30(3)19-14-12-18(13-15-19)27(32)33)29-28(34)35-16-24-22-10-6-4-8-20(22)21-9-5-7-11-23(21)24/h4-15,17,24-25H,16H2,1-3H3,(H,29,34)(H,32,33)/t25-/m1/s1. The van der Waals surface area contributed by atoms with Gasteiger partial charge in [0.1, 0.15) is 12.6 Å². The number of nitrogens with zero attached hydrogens (tertiary/aromatic N) is 1. The Morgan fingerprint density at radius 1 is 0.914 bits per heavy atom. The minimum absolute atomic E-state index is 0.0724. The maximum Gasteiger partial charge on any atom is 0.407 e. The molecule has 1 atom stereocenters. The van der Waals surface area contributed by atoms with Crippen LogP contribution in [0.5, 0.6) is 0 Å². The fraction of sp³-hybridized carbons (Fsp3) is 0.250. The second-order valence-electron chi connectivity index (χ2n) is 8.94. The average molecular weight is 473 g/mol. The molecule has 1 aliphatic rings. The molecule has 4 rings (SSSR count). The number of nitrogens with one attached hydrogen (secondary N) is 1. The summed E-state index contributed by atoms with van der Waals surface area (Å²) in [6.45, 7) is 3.84. The number of amides is 2. The number of aromatic carboxylic acids is 1. The fourth-order valence-corrected chi connectivity index (χ4v) is 4.44. The van der Waals surface area contributed by atoms with Gasteiger partial charge in [0.05, 0.1) is 5.56 Å². The highest BCUT2D eigenvalue weighted by atomic mass is 16.5. The number of fused-ring (bicyclic) bond motifs is 3. The lowest BCUT2D eigenvalue weighted by atomic mass is 9.98. The predicted octanol–water partition coefficient (Wildman–Crippen LogP) is 4.91. The zero-order chi connectivity index (χ0) is 25.1. The van der Waals surface area contributed by atoms with Gasteiger partial charge in [0.2, 0.25) is 5.91 Å². The van der Waals surface area contributed by atoms with E-state index in [1.807, 2.05) is 50.2 Å². The molecule has 35 heavy (non-hydrogen) atoms. The number of benzene rings is 3. The highest BCUT2D eigenvalue weighted by molar-refractivity contribution is 5.99. The van der Waals surface area contributed by atoms with E-state index >= 15 is 0 Å². The molecule has 2 amide bonds. The van der Waals surface area contributed by atoms with Gasteiger partial charge in [-0.3, -0.25) is 4.79 Å². The van der Waals surface area contributed by atoms with Crippen molar-refractivity contribution in [3.63, 3.8) is 0 Å². The predicted molar refractivity (Wildman–Crippen MR) is 134 cm³/mol. The zero-order valence-electron chi connectivity index (χ0n) is 19.9. The van der Waals surface area contributed by atoms with Gasteiger partial charge in [0, 0.05) is 18.7 Å². The summed E-state index contributed by atoms with van der Waals surface area (Å²) in [5.74, 6) is -1.63. The Kier molecular flexibility index (Phi) is 6.87. The van der Waals surface area contributed by atoms with Crippen molar-refractivity contribution in [2.45, 2.75) is 25.8 Å². The molecule has 7 heteroatoms. The van der Waals surface area contributed by atoms with E-state index in [1.165, 1.54) is 17.0 Å². The van der Waals surface area contributed by atoms with Crippen LogP contribution in [0.4, 0.5) is 10.5 Å². The van der Waals surface area contributed by atoms with Crippen molar-refractivity contribution in [1.29, 1.82) is 0 Å². The van der Waals surface area contributed by atoms with Crippen LogP contribution in [-0.2, 0) is 9.53 Å². The SMILES string of the molecule is CC(C)[C@@H](NC(=O)OCC1c2ccccc2-c2ccccc21)C(=O)N(C)c1ccc(C(=O)O)cc1. The summed E-state index contributed by atoms with van der Waals surface area (Å²) in [6, 6.07) is 21.4. The molecule has 0 spiro atoms. The number of anilines is 1. The number of hydrogen-bond donors (Lipinski definition) is 2. The topological polar surface area (TPSA) is 95.9 Å². The van der Waals surface area contributed by atoms with Gasteiger partial charge < -0.3 is 20.1 Å². The smallest absolute Gasteiger partial charge is 0.407 e. The highest BCUT2D eigenvalue weighted by Crippen LogP contribution is 2.44. The Morgan fingerprint density at radius 3 is 1.97 bits per heavy atom. The lowest BCUT2D eigenvalue weighted by Gasteiger charge is -2.27. The van der Waals surface area contributed by atoms with Crippen molar-refractivity contribution >= 4 is 23.7 Å². The molecule has 7 nitrogen and oxygen atoms in total. The lowest BCUT2D eigenvalue weighted by molar-refractivity contribution is -0.121. The molecule has 0 aromatic heterocycles. The van der Waals surface area contributed by atoms with Crippen molar-refractivity contribution in [2.24, 2.45) is 5.92 Å².